The second kappa shape index (κ2) is 5.19. The molecule has 3 nitrogen and oxygen atoms in total. The predicted molar refractivity (Wildman–Crippen MR) is 72.9 cm³/mol. The van der Waals surface area contributed by atoms with Crippen LogP contribution in [0.1, 0.15) is 22.3 Å². The molecule has 0 fully saturated rings. The van der Waals surface area contributed by atoms with Crippen LogP contribution in [0.25, 0.3) is 0 Å². The number of rotatable bonds is 3. The lowest BCUT2D eigenvalue weighted by Crippen LogP contribution is -2.01. The number of nitrogens with zero attached hydrogens (tertiary/aromatic N) is 1. The lowest BCUT2D eigenvalue weighted by molar-refractivity contribution is 0.469. The van der Waals surface area contributed by atoms with E-state index < -0.39 is 0 Å². The normalized spacial score (nSPS) is 10.4. The van der Waals surface area contributed by atoms with Crippen LogP contribution in [0.3, 0.4) is 0 Å². The van der Waals surface area contributed by atoms with E-state index >= 15 is 0 Å². The van der Waals surface area contributed by atoms with Crippen molar-refractivity contribution in [2.75, 3.05) is 0 Å². The number of benzene rings is 1. The fourth-order valence-corrected chi connectivity index (χ4v) is 1.89. The largest absolute Gasteiger partial charge is 0.455 e. The molecule has 0 amide bonds. The van der Waals surface area contributed by atoms with Crippen LogP contribution in [0.15, 0.2) is 30.6 Å². The summed E-state index contributed by atoms with van der Waals surface area (Å²) in [6.07, 6.45) is 3.43. The van der Waals surface area contributed by atoms with Gasteiger partial charge in [-0.15, -0.1) is 0 Å². The van der Waals surface area contributed by atoms with Crippen molar-refractivity contribution in [1.82, 2.24) is 4.98 Å². The zero-order valence-electron chi connectivity index (χ0n) is 11.0. The summed E-state index contributed by atoms with van der Waals surface area (Å²) in [5, 5.41) is 0. The van der Waals surface area contributed by atoms with Gasteiger partial charge in [-0.1, -0.05) is 6.07 Å². The molecule has 2 N–H and O–H groups in total. The molecular formula is C15H18N2O. The van der Waals surface area contributed by atoms with Crippen LogP contribution in [0, 0.1) is 20.8 Å². The molecule has 0 atom stereocenters. The Hall–Kier alpha value is -1.87. The van der Waals surface area contributed by atoms with E-state index in [0.717, 1.165) is 22.6 Å². The van der Waals surface area contributed by atoms with Crippen molar-refractivity contribution in [3.63, 3.8) is 0 Å². The molecule has 94 valence electrons. The second-order valence-electron chi connectivity index (χ2n) is 4.49. The molecule has 2 rings (SSSR count). The molecule has 0 unspecified atom stereocenters. The van der Waals surface area contributed by atoms with Gasteiger partial charge in [0.1, 0.15) is 11.5 Å². The van der Waals surface area contributed by atoms with Crippen LogP contribution in [-0.4, -0.2) is 4.98 Å². The Morgan fingerprint density at radius 2 is 1.94 bits per heavy atom. The first-order valence-electron chi connectivity index (χ1n) is 6.00. The molecule has 3 heteroatoms. The maximum absolute atomic E-state index is 5.95. The molecule has 1 aromatic heterocycles. The molecule has 0 bridgehead atoms. The van der Waals surface area contributed by atoms with Crippen molar-refractivity contribution < 1.29 is 4.74 Å². The monoisotopic (exact) mass is 242 g/mol. The van der Waals surface area contributed by atoms with E-state index in [4.69, 9.17) is 10.5 Å². The van der Waals surface area contributed by atoms with Gasteiger partial charge in [0.05, 0.1) is 6.20 Å². The Morgan fingerprint density at radius 3 is 2.67 bits per heavy atom. The summed E-state index contributed by atoms with van der Waals surface area (Å²) in [5.41, 5.74) is 10.2. The van der Waals surface area contributed by atoms with E-state index in [1.807, 2.05) is 12.1 Å². The van der Waals surface area contributed by atoms with E-state index in [1.54, 1.807) is 12.4 Å². The van der Waals surface area contributed by atoms with E-state index in [-0.39, 0.29) is 0 Å². The average molecular weight is 242 g/mol. The summed E-state index contributed by atoms with van der Waals surface area (Å²) in [6.45, 7) is 6.65. The summed E-state index contributed by atoms with van der Waals surface area (Å²) in [6, 6.07) is 6.07. The maximum atomic E-state index is 5.95. The molecule has 0 spiro atoms. The number of aryl methyl sites for hydroxylation is 2. The number of aromatic nitrogens is 1. The predicted octanol–water partition coefficient (Wildman–Crippen LogP) is 3.26. The summed E-state index contributed by atoms with van der Waals surface area (Å²) in [4.78, 5) is 4.08. The van der Waals surface area contributed by atoms with Gasteiger partial charge in [0.25, 0.3) is 0 Å². The molecule has 0 aliphatic rings. The minimum atomic E-state index is 0.446. The lowest BCUT2D eigenvalue weighted by Gasteiger charge is -2.13. The number of hydrogen-bond acceptors (Lipinski definition) is 3. The maximum Gasteiger partial charge on any atom is 0.150 e. The first-order chi connectivity index (χ1) is 8.61. The number of hydrogen-bond donors (Lipinski definition) is 1. The van der Waals surface area contributed by atoms with Crippen LogP contribution in [0.5, 0.6) is 11.5 Å². The van der Waals surface area contributed by atoms with Crippen molar-refractivity contribution in [2.45, 2.75) is 27.3 Å². The highest BCUT2D eigenvalue weighted by Crippen LogP contribution is 2.29. The van der Waals surface area contributed by atoms with Gasteiger partial charge in [-0.05, 0) is 49.6 Å². The van der Waals surface area contributed by atoms with Crippen LogP contribution >= 0.6 is 0 Å². The average Bonchev–Trinajstić information content (AvgIpc) is 2.36. The van der Waals surface area contributed by atoms with Gasteiger partial charge in [-0.3, -0.25) is 4.98 Å². The summed E-state index contributed by atoms with van der Waals surface area (Å²) in [7, 11) is 0. The van der Waals surface area contributed by atoms with Crippen molar-refractivity contribution in [1.29, 1.82) is 0 Å². The molecule has 0 aliphatic carbocycles. The van der Waals surface area contributed by atoms with E-state index in [9.17, 15) is 0 Å². The van der Waals surface area contributed by atoms with Gasteiger partial charge in [-0.2, -0.15) is 0 Å². The van der Waals surface area contributed by atoms with Crippen molar-refractivity contribution >= 4 is 0 Å². The Labute approximate surface area is 108 Å². The Balaban J connectivity index is 2.40. The fourth-order valence-electron chi connectivity index (χ4n) is 1.89. The third kappa shape index (κ3) is 2.51. The third-order valence-electron chi connectivity index (χ3n) is 3.07. The molecular weight excluding hydrogens is 224 g/mol. The zero-order valence-corrected chi connectivity index (χ0v) is 11.0. The fraction of sp³-hybridized carbons (Fsp3) is 0.267. The smallest absolute Gasteiger partial charge is 0.150 e. The quantitative estimate of drug-likeness (QED) is 0.898. The van der Waals surface area contributed by atoms with Gasteiger partial charge < -0.3 is 10.5 Å². The topological polar surface area (TPSA) is 48.1 Å². The van der Waals surface area contributed by atoms with Gasteiger partial charge in [0, 0.05) is 18.3 Å². The first kappa shape index (κ1) is 12.6. The highest BCUT2D eigenvalue weighted by Gasteiger charge is 2.08. The van der Waals surface area contributed by atoms with Gasteiger partial charge in [-0.25, -0.2) is 0 Å². The molecule has 0 saturated carbocycles. The van der Waals surface area contributed by atoms with Crippen LogP contribution in [-0.2, 0) is 6.54 Å². The molecule has 0 saturated heterocycles. The SMILES string of the molecule is Cc1cc(C)c(C)c(Oc2cnccc2CN)c1. The van der Waals surface area contributed by atoms with Gasteiger partial charge >= 0.3 is 0 Å². The zero-order chi connectivity index (χ0) is 13.1. The Bertz CT molecular complexity index is 564. The second-order valence-corrected chi connectivity index (χ2v) is 4.49. The minimum Gasteiger partial charge on any atom is -0.455 e. The Kier molecular flexibility index (Phi) is 3.63. The standard InChI is InChI=1S/C15H18N2O/c1-10-6-11(2)12(3)14(7-10)18-15-9-17-5-4-13(15)8-16/h4-7,9H,8,16H2,1-3H3. The minimum absolute atomic E-state index is 0.446. The molecule has 1 heterocycles. The van der Waals surface area contributed by atoms with Crippen LogP contribution in [0.4, 0.5) is 0 Å². The number of pyridine rings is 1. The molecule has 2 aromatic rings. The molecule has 1 aromatic carbocycles. The highest BCUT2D eigenvalue weighted by atomic mass is 16.5. The van der Waals surface area contributed by atoms with Gasteiger partial charge in [0.2, 0.25) is 0 Å². The summed E-state index contributed by atoms with van der Waals surface area (Å²) < 4.78 is 5.95. The van der Waals surface area contributed by atoms with E-state index in [1.165, 1.54) is 11.1 Å². The molecule has 18 heavy (non-hydrogen) atoms. The summed E-state index contributed by atoms with van der Waals surface area (Å²) >= 11 is 0. The molecule has 0 radical (unpaired) electrons. The van der Waals surface area contributed by atoms with Crippen molar-refractivity contribution in [3.8, 4) is 11.5 Å². The van der Waals surface area contributed by atoms with Gasteiger partial charge in [0.15, 0.2) is 0 Å². The third-order valence-corrected chi connectivity index (χ3v) is 3.07. The van der Waals surface area contributed by atoms with Crippen LogP contribution in [0.2, 0.25) is 0 Å². The van der Waals surface area contributed by atoms with Crippen molar-refractivity contribution in [2.24, 2.45) is 5.73 Å². The first-order valence-corrected chi connectivity index (χ1v) is 6.00. The lowest BCUT2D eigenvalue weighted by atomic mass is 10.1. The van der Waals surface area contributed by atoms with E-state index in [0.29, 0.717) is 6.54 Å². The number of ether oxygens (including phenoxy) is 1. The molecule has 0 aliphatic heterocycles. The Morgan fingerprint density at radius 1 is 1.17 bits per heavy atom. The highest BCUT2D eigenvalue weighted by molar-refractivity contribution is 5.45. The summed E-state index contributed by atoms with van der Waals surface area (Å²) in [5.74, 6) is 1.60. The van der Waals surface area contributed by atoms with Crippen molar-refractivity contribution in [3.05, 3.63) is 52.8 Å². The number of nitrogens with two attached hydrogens (primary N) is 1. The van der Waals surface area contributed by atoms with Crippen LogP contribution < -0.4 is 10.5 Å². The van der Waals surface area contributed by atoms with E-state index in [2.05, 4.69) is 31.8 Å².